The first-order valence-corrected chi connectivity index (χ1v) is 6.77. The molecule has 0 aliphatic rings. The van der Waals surface area contributed by atoms with Gasteiger partial charge in [0.05, 0.1) is 4.53 Å². The number of nitrogens with zero attached hydrogens (tertiary/aromatic N) is 3. The molecule has 0 amide bonds. The van der Waals surface area contributed by atoms with Crippen LogP contribution in [-0.4, -0.2) is 21.2 Å². The van der Waals surface area contributed by atoms with Gasteiger partial charge in [-0.05, 0) is 23.8 Å². The second kappa shape index (κ2) is 5.26. The van der Waals surface area contributed by atoms with Gasteiger partial charge in [-0.1, -0.05) is 36.1 Å². The fraction of sp³-hybridized carbons (Fsp3) is 0.0714. The maximum Gasteiger partial charge on any atom is 0.291 e. The molecule has 0 bridgehead atoms. The minimum absolute atomic E-state index is 0.144. The molecule has 0 saturated heterocycles. The summed E-state index contributed by atoms with van der Waals surface area (Å²) in [5, 5.41) is 3.88. The predicted octanol–water partition coefficient (Wildman–Crippen LogP) is 1.26. The van der Waals surface area contributed by atoms with Crippen molar-refractivity contribution in [2.45, 2.75) is 0 Å². The van der Waals surface area contributed by atoms with Crippen molar-refractivity contribution in [3.05, 3.63) is 63.7 Å². The summed E-state index contributed by atoms with van der Waals surface area (Å²) in [5.41, 5.74) is 0.784. The van der Waals surface area contributed by atoms with Gasteiger partial charge in [-0.15, -0.1) is 0 Å². The van der Waals surface area contributed by atoms with E-state index in [1.807, 2.05) is 30.3 Å². The largest absolute Gasteiger partial charge is 0.490 e. The Morgan fingerprint density at radius 1 is 1.35 bits per heavy atom. The normalized spacial score (nSPS) is 11.9. The van der Waals surface area contributed by atoms with E-state index in [1.54, 1.807) is 6.08 Å². The lowest BCUT2D eigenvalue weighted by atomic mass is 10.2. The number of fused-ring (bicyclic) bond motifs is 1. The first-order valence-electron chi connectivity index (χ1n) is 5.96. The van der Waals surface area contributed by atoms with Crippen LogP contribution in [-0.2, 0) is 0 Å². The van der Waals surface area contributed by atoms with Crippen molar-refractivity contribution in [1.82, 2.24) is 14.6 Å². The molecule has 5 nitrogen and oxygen atoms in total. The zero-order valence-corrected chi connectivity index (χ0v) is 11.3. The van der Waals surface area contributed by atoms with E-state index in [9.17, 15) is 4.79 Å². The van der Waals surface area contributed by atoms with Gasteiger partial charge in [0.25, 0.3) is 5.56 Å². The maximum atomic E-state index is 12.0. The Hall–Kier alpha value is -2.47. The second-order valence-corrected chi connectivity index (χ2v) is 5.05. The third-order valence-electron chi connectivity index (χ3n) is 2.67. The van der Waals surface area contributed by atoms with Crippen LogP contribution in [0.1, 0.15) is 5.56 Å². The molecule has 0 fully saturated rings. The summed E-state index contributed by atoms with van der Waals surface area (Å²) in [7, 11) is 0. The molecule has 1 aromatic carbocycles. The van der Waals surface area contributed by atoms with Gasteiger partial charge < -0.3 is 4.74 Å². The number of hydrogen-bond donors (Lipinski definition) is 0. The van der Waals surface area contributed by atoms with Gasteiger partial charge in [0, 0.05) is 0 Å². The van der Waals surface area contributed by atoms with Crippen LogP contribution in [0.2, 0.25) is 0 Å². The van der Waals surface area contributed by atoms with Gasteiger partial charge in [0.2, 0.25) is 4.96 Å². The van der Waals surface area contributed by atoms with E-state index in [0.717, 1.165) is 11.3 Å². The topological polar surface area (TPSA) is 56.5 Å². The minimum Gasteiger partial charge on any atom is -0.490 e. The summed E-state index contributed by atoms with van der Waals surface area (Å²) in [5.74, 6) is 0.770. The lowest BCUT2D eigenvalue weighted by Gasteiger charge is -2.02. The van der Waals surface area contributed by atoms with Gasteiger partial charge in [0.15, 0.2) is 0 Å². The highest BCUT2D eigenvalue weighted by molar-refractivity contribution is 7.15. The average Bonchev–Trinajstić information content (AvgIpc) is 3.03. The highest BCUT2D eigenvalue weighted by Gasteiger charge is 2.04. The molecular formula is C14H11N3O2S. The average molecular weight is 285 g/mol. The monoisotopic (exact) mass is 285 g/mol. The number of benzene rings is 1. The molecule has 0 saturated carbocycles. The molecule has 0 N–H and O–H groups in total. The van der Waals surface area contributed by atoms with Crippen molar-refractivity contribution < 1.29 is 4.74 Å². The highest BCUT2D eigenvalue weighted by Crippen LogP contribution is 2.12. The van der Waals surface area contributed by atoms with E-state index in [-0.39, 0.29) is 5.56 Å². The van der Waals surface area contributed by atoms with E-state index in [1.165, 1.54) is 22.2 Å². The van der Waals surface area contributed by atoms with Crippen LogP contribution in [0, 0.1) is 0 Å². The molecule has 100 valence electrons. The molecule has 0 unspecified atom stereocenters. The van der Waals surface area contributed by atoms with Gasteiger partial charge in [-0.2, -0.15) is 9.61 Å². The van der Waals surface area contributed by atoms with Crippen LogP contribution in [0.15, 0.2) is 48.0 Å². The van der Waals surface area contributed by atoms with Crippen LogP contribution in [0.5, 0.6) is 5.75 Å². The molecule has 3 rings (SSSR count). The van der Waals surface area contributed by atoms with Gasteiger partial charge in [0.1, 0.15) is 18.7 Å². The summed E-state index contributed by atoms with van der Waals surface area (Å²) in [6, 6.07) is 7.51. The molecular weight excluding hydrogens is 274 g/mol. The smallest absolute Gasteiger partial charge is 0.291 e. The van der Waals surface area contributed by atoms with Crippen molar-refractivity contribution in [1.29, 1.82) is 0 Å². The Kier molecular flexibility index (Phi) is 3.30. The molecule has 0 aliphatic heterocycles. The molecule has 2 aromatic heterocycles. The number of hydrogen-bond acceptors (Lipinski definition) is 5. The van der Waals surface area contributed by atoms with Crippen molar-refractivity contribution in [2.24, 2.45) is 0 Å². The Bertz CT molecular complexity index is 849. The van der Waals surface area contributed by atoms with Crippen LogP contribution in [0.25, 0.3) is 11.0 Å². The Morgan fingerprint density at radius 2 is 2.15 bits per heavy atom. The van der Waals surface area contributed by atoms with Crippen LogP contribution in [0.4, 0.5) is 0 Å². The van der Waals surface area contributed by atoms with Gasteiger partial charge in [-0.3, -0.25) is 4.79 Å². The van der Waals surface area contributed by atoms with Gasteiger partial charge >= 0.3 is 0 Å². The zero-order chi connectivity index (χ0) is 13.9. The second-order valence-electron chi connectivity index (χ2n) is 4.04. The van der Waals surface area contributed by atoms with E-state index < -0.39 is 0 Å². The SMILES string of the molecule is C=CCOc1ccc(C=c2sc3ncnn3c2=O)cc1. The molecule has 0 spiro atoms. The third-order valence-corrected chi connectivity index (χ3v) is 3.64. The quantitative estimate of drug-likeness (QED) is 0.677. The molecule has 2 heterocycles. The summed E-state index contributed by atoms with van der Waals surface area (Å²) >= 11 is 1.32. The van der Waals surface area contributed by atoms with Gasteiger partial charge in [-0.25, -0.2) is 4.98 Å². The molecule has 3 aromatic rings. The number of thiazole rings is 1. The van der Waals surface area contributed by atoms with Crippen molar-refractivity contribution in [2.75, 3.05) is 6.61 Å². The van der Waals surface area contributed by atoms with Crippen LogP contribution in [0.3, 0.4) is 0 Å². The molecule has 6 heteroatoms. The maximum absolute atomic E-state index is 12.0. The van der Waals surface area contributed by atoms with Crippen molar-refractivity contribution in [3.63, 3.8) is 0 Å². The Labute approximate surface area is 118 Å². The van der Waals surface area contributed by atoms with E-state index in [2.05, 4.69) is 16.7 Å². The van der Waals surface area contributed by atoms with Crippen molar-refractivity contribution in [3.8, 4) is 5.75 Å². The fourth-order valence-electron chi connectivity index (χ4n) is 1.74. The lowest BCUT2D eigenvalue weighted by Crippen LogP contribution is -2.23. The first-order chi connectivity index (χ1) is 9.78. The Morgan fingerprint density at radius 3 is 2.85 bits per heavy atom. The predicted molar refractivity (Wildman–Crippen MR) is 78.1 cm³/mol. The summed E-state index contributed by atoms with van der Waals surface area (Å²) in [6.45, 7) is 4.07. The summed E-state index contributed by atoms with van der Waals surface area (Å²) in [4.78, 5) is 16.6. The van der Waals surface area contributed by atoms with Crippen molar-refractivity contribution >= 4 is 22.4 Å². The number of rotatable bonds is 4. The molecule has 0 radical (unpaired) electrons. The van der Waals surface area contributed by atoms with E-state index >= 15 is 0 Å². The number of ether oxygens (including phenoxy) is 1. The molecule has 0 aliphatic carbocycles. The standard InChI is InChI=1S/C14H11N3O2S/c1-2-7-19-11-5-3-10(4-6-11)8-12-13(18)17-14(20-12)15-9-16-17/h2-6,8-9H,1,7H2. The summed E-state index contributed by atoms with van der Waals surface area (Å²) in [6.07, 6.45) is 4.89. The molecule has 20 heavy (non-hydrogen) atoms. The minimum atomic E-state index is -0.144. The highest BCUT2D eigenvalue weighted by atomic mass is 32.1. The zero-order valence-electron chi connectivity index (χ0n) is 10.5. The lowest BCUT2D eigenvalue weighted by molar-refractivity contribution is 0.363. The van der Waals surface area contributed by atoms with E-state index in [0.29, 0.717) is 16.1 Å². The number of aromatic nitrogens is 3. The third kappa shape index (κ3) is 2.33. The van der Waals surface area contributed by atoms with Crippen LogP contribution >= 0.6 is 11.3 Å². The summed E-state index contributed by atoms with van der Waals surface area (Å²) < 4.78 is 7.32. The first kappa shape index (κ1) is 12.6. The van der Waals surface area contributed by atoms with Crippen LogP contribution < -0.4 is 14.8 Å². The molecule has 0 atom stereocenters. The fourth-order valence-corrected chi connectivity index (χ4v) is 2.63. The Balaban J connectivity index is 1.95. The van der Waals surface area contributed by atoms with E-state index in [4.69, 9.17) is 4.74 Å².